The Morgan fingerprint density at radius 3 is 2.63 bits per heavy atom. The lowest BCUT2D eigenvalue weighted by molar-refractivity contribution is 0.430. The van der Waals surface area contributed by atoms with Crippen LogP contribution >= 0.6 is 23.2 Å². The van der Waals surface area contributed by atoms with Crippen LogP contribution in [0.5, 0.6) is 0 Å². The summed E-state index contributed by atoms with van der Waals surface area (Å²) in [6, 6.07) is 5.69. The summed E-state index contributed by atoms with van der Waals surface area (Å²) in [6.45, 7) is 5.19. The van der Waals surface area contributed by atoms with Gasteiger partial charge in [-0.1, -0.05) is 43.1 Å². The first-order valence-electron chi connectivity index (χ1n) is 6.33. The predicted molar refractivity (Wildman–Crippen MR) is 78.7 cm³/mol. The summed E-state index contributed by atoms with van der Waals surface area (Å²) in [6.07, 6.45) is 4.33. The zero-order valence-electron chi connectivity index (χ0n) is 11.1. The number of rotatable bonds is 5. The van der Waals surface area contributed by atoms with E-state index in [1.165, 1.54) is 0 Å². The van der Waals surface area contributed by atoms with Gasteiger partial charge in [-0.2, -0.15) is 5.10 Å². The van der Waals surface area contributed by atoms with E-state index >= 15 is 0 Å². The third-order valence-electron chi connectivity index (χ3n) is 3.03. The molecule has 0 aliphatic rings. The van der Waals surface area contributed by atoms with E-state index in [1.54, 1.807) is 18.7 Å². The highest BCUT2D eigenvalue weighted by Crippen LogP contribution is 2.32. The van der Waals surface area contributed by atoms with Gasteiger partial charge < -0.3 is 0 Å². The highest BCUT2D eigenvalue weighted by Gasteiger charge is 2.17. The minimum atomic E-state index is 0.312. The molecule has 102 valence electrons. The molecule has 0 saturated heterocycles. The molecule has 1 heterocycles. The van der Waals surface area contributed by atoms with Crippen LogP contribution in [0.15, 0.2) is 30.9 Å². The Morgan fingerprint density at radius 1 is 1.26 bits per heavy atom. The van der Waals surface area contributed by atoms with Crippen LogP contribution in [0.4, 0.5) is 0 Å². The smallest absolute Gasteiger partial charge is 0.137 e. The summed E-state index contributed by atoms with van der Waals surface area (Å²) < 4.78 is 1.85. The number of halogens is 2. The molecule has 1 unspecified atom stereocenters. The topological polar surface area (TPSA) is 30.7 Å². The summed E-state index contributed by atoms with van der Waals surface area (Å²) >= 11 is 12.3. The van der Waals surface area contributed by atoms with E-state index in [1.807, 2.05) is 16.8 Å². The molecule has 0 aliphatic heterocycles. The number of nitrogens with zero attached hydrogens (tertiary/aromatic N) is 3. The fourth-order valence-electron chi connectivity index (χ4n) is 2.25. The zero-order valence-corrected chi connectivity index (χ0v) is 12.6. The van der Waals surface area contributed by atoms with Crippen LogP contribution in [0, 0.1) is 5.92 Å². The minimum absolute atomic E-state index is 0.312. The monoisotopic (exact) mass is 297 g/mol. The SMILES string of the molecule is CC(C)CC(Cn1cncn1)c1ccc(Cl)cc1Cl. The van der Waals surface area contributed by atoms with Crippen molar-refractivity contribution in [1.29, 1.82) is 0 Å². The summed E-state index contributed by atoms with van der Waals surface area (Å²) in [7, 11) is 0. The van der Waals surface area contributed by atoms with Gasteiger partial charge >= 0.3 is 0 Å². The van der Waals surface area contributed by atoms with Crippen molar-refractivity contribution >= 4 is 23.2 Å². The molecule has 0 spiro atoms. The fourth-order valence-corrected chi connectivity index (χ4v) is 2.82. The molecule has 0 amide bonds. The number of hydrogen-bond donors (Lipinski definition) is 0. The van der Waals surface area contributed by atoms with Gasteiger partial charge in [0.2, 0.25) is 0 Å². The van der Waals surface area contributed by atoms with Gasteiger partial charge in [-0.3, -0.25) is 4.68 Å². The standard InChI is InChI=1S/C14H17Cl2N3/c1-10(2)5-11(7-19-9-17-8-18-19)13-4-3-12(15)6-14(13)16/h3-4,6,8-11H,5,7H2,1-2H3. The second-order valence-electron chi connectivity index (χ2n) is 5.11. The van der Waals surface area contributed by atoms with Gasteiger partial charge in [0.1, 0.15) is 12.7 Å². The van der Waals surface area contributed by atoms with Crippen molar-refractivity contribution in [2.45, 2.75) is 32.7 Å². The van der Waals surface area contributed by atoms with Crippen LogP contribution in [0.1, 0.15) is 31.7 Å². The Hall–Kier alpha value is -1.06. The minimum Gasteiger partial charge on any atom is -0.252 e. The summed E-state index contributed by atoms with van der Waals surface area (Å²) in [5, 5.41) is 5.56. The number of benzene rings is 1. The molecule has 19 heavy (non-hydrogen) atoms. The van der Waals surface area contributed by atoms with E-state index in [0.717, 1.165) is 23.6 Å². The first-order chi connectivity index (χ1) is 9.06. The number of aromatic nitrogens is 3. The third-order valence-corrected chi connectivity index (χ3v) is 3.59. The Bertz CT molecular complexity index is 523. The molecule has 1 aromatic carbocycles. The molecule has 2 rings (SSSR count). The van der Waals surface area contributed by atoms with Crippen LogP contribution in [-0.4, -0.2) is 14.8 Å². The van der Waals surface area contributed by atoms with Gasteiger partial charge in [0.15, 0.2) is 0 Å². The van der Waals surface area contributed by atoms with E-state index in [9.17, 15) is 0 Å². The molecular formula is C14H17Cl2N3. The zero-order chi connectivity index (χ0) is 13.8. The van der Waals surface area contributed by atoms with Crippen LogP contribution in [0.2, 0.25) is 10.0 Å². The van der Waals surface area contributed by atoms with Gasteiger partial charge in [-0.05, 0) is 30.0 Å². The lowest BCUT2D eigenvalue weighted by atomic mass is 9.90. The highest BCUT2D eigenvalue weighted by atomic mass is 35.5. The summed E-state index contributed by atoms with van der Waals surface area (Å²) in [5.41, 5.74) is 1.12. The van der Waals surface area contributed by atoms with Crippen LogP contribution < -0.4 is 0 Å². The lowest BCUT2D eigenvalue weighted by Gasteiger charge is -2.20. The van der Waals surface area contributed by atoms with E-state index in [2.05, 4.69) is 23.9 Å². The molecule has 0 radical (unpaired) electrons. The molecular weight excluding hydrogens is 281 g/mol. The van der Waals surface area contributed by atoms with Crippen LogP contribution in [-0.2, 0) is 6.54 Å². The van der Waals surface area contributed by atoms with E-state index in [0.29, 0.717) is 16.9 Å². The molecule has 0 aliphatic carbocycles. The van der Waals surface area contributed by atoms with Gasteiger partial charge in [0.25, 0.3) is 0 Å². The maximum Gasteiger partial charge on any atom is 0.137 e. The van der Waals surface area contributed by atoms with E-state index in [-0.39, 0.29) is 0 Å². The molecule has 0 bridgehead atoms. The first-order valence-corrected chi connectivity index (χ1v) is 7.09. The molecule has 0 fully saturated rings. The van der Waals surface area contributed by atoms with Crippen molar-refractivity contribution in [2.75, 3.05) is 0 Å². The van der Waals surface area contributed by atoms with Crippen molar-refractivity contribution in [2.24, 2.45) is 5.92 Å². The predicted octanol–water partition coefficient (Wildman–Crippen LogP) is 4.41. The Morgan fingerprint density at radius 2 is 2.05 bits per heavy atom. The normalized spacial score (nSPS) is 12.9. The molecule has 1 atom stereocenters. The van der Waals surface area contributed by atoms with Crippen molar-refractivity contribution in [3.63, 3.8) is 0 Å². The fraction of sp³-hybridized carbons (Fsp3) is 0.429. The average Bonchev–Trinajstić information content (AvgIpc) is 2.80. The first kappa shape index (κ1) is 14.4. The highest BCUT2D eigenvalue weighted by molar-refractivity contribution is 6.35. The second kappa shape index (κ2) is 6.40. The summed E-state index contributed by atoms with van der Waals surface area (Å²) in [4.78, 5) is 3.98. The van der Waals surface area contributed by atoms with Gasteiger partial charge in [-0.25, -0.2) is 4.98 Å². The molecule has 5 heteroatoms. The van der Waals surface area contributed by atoms with Gasteiger partial charge in [0, 0.05) is 22.5 Å². The quantitative estimate of drug-likeness (QED) is 0.818. The Balaban J connectivity index is 2.25. The van der Waals surface area contributed by atoms with Crippen molar-refractivity contribution < 1.29 is 0 Å². The van der Waals surface area contributed by atoms with Crippen molar-refractivity contribution in [3.8, 4) is 0 Å². The molecule has 0 N–H and O–H groups in total. The molecule has 2 aromatic rings. The van der Waals surface area contributed by atoms with Crippen molar-refractivity contribution in [1.82, 2.24) is 14.8 Å². The maximum absolute atomic E-state index is 6.32. The van der Waals surface area contributed by atoms with E-state index < -0.39 is 0 Å². The van der Waals surface area contributed by atoms with Gasteiger partial charge in [-0.15, -0.1) is 0 Å². The average molecular weight is 298 g/mol. The lowest BCUT2D eigenvalue weighted by Crippen LogP contribution is -2.12. The maximum atomic E-state index is 6.32. The van der Waals surface area contributed by atoms with Crippen LogP contribution in [0.3, 0.4) is 0 Å². The Labute approximate surface area is 123 Å². The molecule has 3 nitrogen and oxygen atoms in total. The third kappa shape index (κ3) is 3.95. The Kier molecular flexibility index (Phi) is 4.83. The molecule has 1 aromatic heterocycles. The summed E-state index contributed by atoms with van der Waals surface area (Å²) in [5.74, 6) is 0.895. The number of hydrogen-bond acceptors (Lipinski definition) is 2. The van der Waals surface area contributed by atoms with E-state index in [4.69, 9.17) is 23.2 Å². The van der Waals surface area contributed by atoms with Crippen molar-refractivity contribution in [3.05, 3.63) is 46.5 Å². The van der Waals surface area contributed by atoms with Gasteiger partial charge in [0.05, 0.1) is 0 Å². The second-order valence-corrected chi connectivity index (χ2v) is 5.95. The molecule has 0 saturated carbocycles. The van der Waals surface area contributed by atoms with Crippen LogP contribution in [0.25, 0.3) is 0 Å². The largest absolute Gasteiger partial charge is 0.252 e.